The van der Waals surface area contributed by atoms with Crippen molar-refractivity contribution in [3.05, 3.63) is 40.8 Å². The summed E-state index contributed by atoms with van der Waals surface area (Å²) in [7, 11) is 1.25. The summed E-state index contributed by atoms with van der Waals surface area (Å²) in [6, 6.07) is 7.62. The zero-order valence-electron chi connectivity index (χ0n) is 18.0. The fourth-order valence-electron chi connectivity index (χ4n) is 3.76. The van der Waals surface area contributed by atoms with Crippen LogP contribution in [0, 0.1) is 11.8 Å². The van der Waals surface area contributed by atoms with Crippen LogP contribution < -0.4 is 10.1 Å². The number of ether oxygens (including phenoxy) is 2. The highest BCUT2D eigenvalue weighted by molar-refractivity contribution is 8.18. The molecular formula is C22H28N4O4S. The number of esters is 1. The number of carbonyl (C=O) groups is 2. The number of benzene rings is 1. The molecule has 2 unspecified atom stereocenters. The number of methoxy groups -OCH3 is 1. The number of nitrogens with one attached hydrogen (secondary N) is 1. The predicted octanol–water partition coefficient (Wildman–Crippen LogP) is 2.65. The van der Waals surface area contributed by atoms with Crippen LogP contribution in [0.5, 0.6) is 5.75 Å². The largest absolute Gasteiger partial charge is 0.492 e. The van der Waals surface area contributed by atoms with Gasteiger partial charge in [0.15, 0.2) is 5.17 Å². The van der Waals surface area contributed by atoms with E-state index in [4.69, 9.17) is 4.74 Å². The van der Waals surface area contributed by atoms with E-state index in [1.165, 1.54) is 13.5 Å². The third kappa shape index (κ3) is 6.93. The first kappa shape index (κ1) is 23.0. The summed E-state index contributed by atoms with van der Waals surface area (Å²) in [6.07, 6.45) is 4.00. The second-order valence-corrected chi connectivity index (χ2v) is 8.86. The quantitative estimate of drug-likeness (QED) is 0.301. The van der Waals surface area contributed by atoms with Crippen LogP contribution in [0.15, 0.2) is 45.4 Å². The zero-order chi connectivity index (χ0) is 22.2. The second-order valence-electron chi connectivity index (χ2n) is 7.83. The van der Waals surface area contributed by atoms with Gasteiger partial charge in [0.05, 0.1) is 18.2 Å². The van der Waals surface area contributed by atoms with Gasteiger partial charge in [0.1, 0.15) is 12.4 Å². The SMILES string of the molecule is COC(=O)/C=C1/S/C(=N\N=Cc2ccccc2OCCN2CC(C)CC(C)C2)NC1=O. The normalized spacial score (nSPS) is 24.7. The molecule has 0 radical (unpaired) electrons. The maximum Gasteiger partial charge on any atom is 0.331 e. The smallest absolute Gasteiger partial charge is 0.331 e. The van der Waals surface area contributed by atoms with Crippen LogP contribution in [0.3, 0.4) is 0 Å². The van der Waals surface area contributed by atoms with E-state index < -0.39 is 11.9 Å². The molecular weight excluding hydrogens is 416 g/mol. The Morgan fingerprint density at radius 3 is 2.77 bits per heavy atom. The van der Waals surface area contributed by atoms with E-state index in [0.717, 1.165) is 60.6 Å². The molecule has 3 rings (SSSR count). The van der Waals surface area contributed by atoms with E-state index in [2.05, 4.69) is 39.0 Å². The Bertz CT molecular complexity index is 889. The topological polar surface area (TPSA) is 92.6 Å². The predicted molar refractivity (Wildman–Crippen MR) is 122 cm³/mol. The number of piperidine rings is 1. The summed E-state index contributed by atoms with van der Waals surface area (Å²) in [4.78, 5) is 25.8. The first-order valence-corrected chi connectivity index (χ1v) is 11.1. The number of hydrogen-bond acceptors (Lipinski definition) is 8. The molecule has 0 bridgehead atoms. The molecule has 8 nitrogen and oxygen atoms in total. The fourth-order valence-corrected chi connectivity index (χ4v) is 4.50. The van der Waals surface area contributed by atoms with Crippen molar-refractivity contribution >= 4 is 35.0 Å². The summed E-state index contributed by atoms with van der Waals surface area (Å²) in [5.41, 5.74) is 0.798. The molecule has 2 aliphatic heterocycles. The summed E-state index contributed by atoms with van der Waals surface area (Å²) in [5.74, 6) is 1.17. The third-order valence-corrected chi connectivity index (χ3v) is 5.88. The average Bonchev–Trinajstić information content (AvgIpc) is 3.07. The molecule has 0 aliphatic carbocycles. The number of hydrogen-bond donors (Lipinski definition) is 1. The van der Waals surface area contributed by atoms with Crippen LogP contribution in [-0.2, 0) is 14.3 Å². The van der Waals surface area contributed by atoms with Gasteiger partial charge in [-0.2, -0.15) is 5.10 Å². The third-order valence-electron chi connectivity index (χ3n) is 4.97. The molecule has 0 saturated carbocycles. The number of likely N-dealkylation sites (tertiary alicyclic amines) is 1. The Hall–Kier alpha value is -2.65. The molecule has 1 aromatic carbocycles. The van der Waals surface area contributed by atoms with Crippen LogP contribution in [0.2, 0.25) is 0 Å². The highest BCUT2D eigenvalue weighted by atomic mass is 32.2. The lowest BCUT2D eigenvalue weighted by Crippen LogP contribution is -2.40. The Morgan fingerprint density at radius 2 is 2.03 bits per heavy atom. The Labute approximate surface area is 186 Å². The van der Waals surface area contributed by atoms with E-state index in [0.29, 0.717) is 11.8 Å². The van der Waals surface area contributed by atoms with Gasteiger partial charge in [-0.3, -0.25) is 15.0 Å². The van der Waals surface area contributed by atoms with Crippen molar-refractivity contribution in [3.8, 4) is 5.75 Å². The van der Waals surface area contributed by atoms with Crippen LogP contribution >= 0.6 is 11.8 Å². The zero-order valence-corrected chi connectivity index (χ0v) is 18.9. The average molecular weight is 445 g/mol. The summed E-state index contributed by atoms with van der Waals surface area (Å²) in [5, 5.41) is 10.9. The molecule has 0 aromatic heterocycles. The highest BCUT2D eigenvalue weighted by Crippen LogP contribution is 2.24. The van der Waals surface area contributed by atoms with Crippen molar-refractivity contribution < 1.29 is 19.1 Å². The van der Waals surface area contributed by atoms with E-state index in [9.17, 15) is 9.59 Å². The molecule has 0 spiro atoms. The lowest BCUT2D eigenvalue weighted by molar-refractivity contribution is -0.135. The molecule has 2 atom stereocenters. The Morgan fingerprint density at radius 1 is 1.29 bits per heavy atom. The summed E-state index contributed by atoms with van der Waals surface area (Å²) >= 11 is 1.03. The van der Waals surface area contributed by atoms with Gasteiger partial charge in [-0.25, -0.2) is 4.79 Å². The van der Waals surface area contributed by atoms with Crippen LogP contribution in [0.25, 0.3) is 0 Å². The van der Waals surface area contributed by atoms with Gasteiger partial charge in [-0.15, -0.1) is 5.10 Å². The number of amides is 1. The van der Waals surface area contributed by atoms with Crippen molar-refractivity contribution in [3.63, 3.8) is 0 Å². The van der Waals surface area contributed by atoms with Crippen molar-refractivity contribution in [2.75, 3.05) is 33.4 Å². The number of amidine groups is 1. The van der Waals surface area contributed by atoms with E-state index in [1.807, 2.05) is 24.3 Å². The van der Waals surface area contributed by atoms with Gasteiger partial charge < -0.3 is 9.47 Å². The summed E-state index contributed by atoms with van der Waals surface area (Å²) < 4.78 is 10.5. The van der Waals surface area contributed by atoms with E-state index >= 15 is 0 Å². The molecule has 2 saturated heterocycles. The van der Waals surface area contributed by atoms with Crippen LogP contribution in [0.4, 0.5) is 0 Å². The molecule has 31 heavy (non-hydrogen) atoms. The van der Waals surface area contributed by atoms with Gasteiger partial charge >= 0.3 is 5.97 Å². The van der Waals surface area contributed by atoms with Crippen LogP contribution in [-0.4, -0.2) is 61.5 Å². The maximum absolute atomic E-state index is 11.8. The molecule has 1 N–H and O–H groups in total. The standard InChI is InChI=1S/C22H28N4O4S/c1-15-10-16(2)14-26(13-15)8-9-30-18-7-5-4-6-17(18)12-23-25-22-24-21(28)19(31-22)11-20(27)29-3/h4-7,11-12,15-16H,8-10,13-14H2,1-3H3,(H,24,25,28)/b19-11+,23-12?. The molecule has 1 amide bonds. The molecule has 2 fully saturated rings. The molecule has 166 valence electrons. The summed E-state index contributed by atoms with van der Waals surface area (Å²) in [6.45, 7) is 8.33. The second kappa shape index (κ2) is 11.1. The fraction of sp³-hybridized carbons (Fsp3) is 0.455. The van der Waals surface area contributed by atoms with E-state index in [1.54, 1.807) is 6.21 Å². The van der Waals surface area contributed by atoms with Crippen LogP contribution in [0.1, 0.15) is 25.8 Å². The van der Waals surface area contributed by atoms with Gasteiger partial charge in [0.25, 0.3) is 5.91 Å². The molecule has 2 heterocycles. The van der Waals surface area contributed by atoms with Crippen molar-refractivity contribution in [1.82, 2.24) is 10.2 Å². The molecule has 2 aliphatic rings. The molecule has 9 heteroatoms. The first-order chi connectivity index (χ1) is 14.9. The van der Waals surface area contributed by atoms with E-state index in [-0.39, 0.29) is 4.91 Å². The van der Waals surface area contributed by atoms with Gasteiger partial charge in [-0.05, 0) is 42.2 Å². The molecule has 1 aromatic rings. The number of para-hydroxylation sites is 1. The lowest BCUT2D eigenvalue weighted by Gasteiger charge is -2.34. The Balaban J connectivity index is 1.56. The Kier molecular flexibility index (Phi) is 8.25. The minimum absolute atomic E-state index is 0.214. The number of nitrogens with zero attached hydrogens (tertiary/aromatic N) is 3. The minimum atomic E-state index is -0.595. The first-order valence-electron chi connectivity index (χ1n) is 10.3. The van der Waals surface area contributed by atoms with Gasteiger partial charge in [0, 0.05) is 31.3 Å². The highest BCUT2D eigenvalue weighted by Gasteiger charge is 2.25. The van der Waals surface area contributed by atoms with Crippen molar-refractivity contribution in [2.45, 2.75) is 20.3 Å². The van der Waals surface area contributed by atoms with Crippen molar-refractivity contribution in [1.29, 1.82) is 0 Å². The maximum atomic E-state index is 11.8. The number of thioether (sulfide) groups is 1. The minimum Gasteiger partial charge on any atom is -0.492 e. The monoisotopic (exact) mass is 444 g/mol. The lowest BCUT2D eigenvalue weighted by atomic mass is 9.92. The number of carbonyl (C=O) groups excluding carboxylic acids is 2. The van der Waals surface area contributed by atoms with Crippen molar-refractivity contribution in [2.24, 2.45) is 22.0 Å². The van der Waals surface area contributed by atoms with Gasteiger partial charge in [0.2, 0.25) is 0 Å². The number of rotatable bonds is 7. The van der Waals surface area contributed by atoms with Gasteiger partial charge in [-0.1, -0.05) is 26.0 Å².